The Morgan fingerprint density at radius 3 is 2.58 bits per heavy atom. The maximum Gasteiger partial charge on any atom is 0.274 e. The highest BCUT2D eigenvalue weighted by atomic mass is 16.6. The normalized spacial score (nSPS) is 22.6. The third-order valence-corrected chi connectivity index (χ3v) is 4.38. The fourth-order valence-corrected chi connectivity index (χ4v) is 3.23. The summed E-state index contributed by atoms with van der Waals surface area (Å²) < 4.78 is 1.66. The molecular weight excluding hydrogens is 308 g/mol. The molecule has 0 aliphatic carbocycles. The first-order valence-corrected chi connectivity index (χ1v) is 7.69. The number of hydrogen-bond acceptors (Lipinski definition) is 5. The van der Waals surface area contributed by atoms with Crippen LogP contribution in [-0.2, 0) is 28.0 Å². The molecule has 7 nitrogen and oxygen atoms in total. The molecule has 2 aromatic rings. The highest BCUT2D eigenvalue weighted by Crippen LogP contribution is 2.33. The summed E-state index contributed by atoms with van der Waals surface area (Å²) in [6, 6.07) is 9.42. The number of aromatic nitrogens is 2. The number of likely N-dealkylation sites (tertiary alicyclic amines) is 1. The van der Waals surface area contributed by atoms with Gasteiger partial charge in [0.25, 0.3) is 5.91 Å². The van der Waals surface area contributed by atoms with E-state index in [0.717, 1.165) is 16.8 Å². The minimum atomic E-state index is -0.865. The molecule has 4 rings (SSSR count). The van der Waals surface area contributed by atoms with E-state index < -0.39 is 12.0 Å². The van der Waals surface area contributed by atoms with Crippen LogP contribution >= 0.6 is 0 Å². The molecule has 1 aromatic carbocycles. The van der Waals surface area contributed by atoms with Gasteiger partial charge in [-0.05, 0) is 12.5 Å². The number of aryl methyl sites for hydroxylation is 2. The van der Waals surface area contributed by atoms with Gasteiger partial charge in [0.2, 0.25) is 12.0 Å². The summed E-state index contributed by atoms with van der Waals surface area (Å²) in [7, 11) is 1.80. The maximum absolute atomic E-state index is 12.8. The standard InChI is InChI=1S/C17H16N4O3/c1-10-12(9-20(2)18-10)14-13-15(24-19-14)17(23)21(16(13)22)8-11-6-4-3-5-7-11/h3-7,9,13,15H,8H2,1-2H3/t13-,15+/m0/s1. The predicted molar refractivity (Wildman–Crippen MR) is 84.8 cm³/mol. The van der Waals surface area contributed by atoms with Gasteiger partial charge in [0.15, 0.2) is 0 Å². The highest BCUT2D eigenvalue weighted by molar-refractivity contribution is 6.23. The highest BCUT2D eigenvalue weighted by Gasteiger charge is 2.55. The van der Waals surface area contributed by atoms with Gasteiger partial charge in [-0.15, -0.1) is 0 Å². The van der Waals surface area contributed by atoms with Crippen molar-refractivity contribution in [1.29, 1.82) is 0 Å². The van der Waals surface area contributed by atoms with Gasteiger partial charge in [-0.1, -0.05) is 35.5 Å². The van der Waals surface area contributed by atoms with Crippen molar-refractivity contribution >= 4 is 17.5 Å². The Morgan fingerprint density at radius 2 is 1.92 bits per heavy atom. The number of nitrogens with zero attached hydrogens (tertiary/aromatic N) is 4. The second-order valence-electron chi connectivity index (χ2n) is 6.03. The number of amides is 2. The smallest absolute Gasteiger partial charge is 0.274 e. The number of fused-ring (bicyclic) bond motifs is 1. The lowest BCUT2D eigenvalue weighted by Gasteiger charge is -2.15. The van der Waals surface area contributed by atoms with Crippen LogP contribution in [0.15, 0.2) is 41.7 Å². The Morgan fingerprint density at radius 1 is 1.17 bits per heavy atom. The van der Waals surface area contributed by atoms with E-state index in [0.29, 0.717) is 5.71 Å². The van der Waals surface area contributed by atoms with E-state index in [9.17, 15) is 9.59 Å². The lowest BCUT2D eigenvalue weighted by Crippen LogP contribution is -2.32. The molecule has 1 aromatic heterocycles. The number of oxime groups is 1. The molecule has 0 saturated carbocycles. The van der Waals surface area contributed by atoms with E-state index in [4.69, 9.17) is 4.84 Å². The summed E-state index contributed by atoms with van der Waals surface area (Å²) in [5.41, 5.74) is 2.88. The zero-order chi connectivity index (χ0) is 16.8. The lowest BCUT2D eigenvalue weighted by molar-refractivity contribution is -0.142. The fourth-order valence-electron chi connectivity index (χ4n) is 3.23. The van der Waals surface area contributed by atoms with Crippen LogP contribution in [0.4, 0.5) is 0 Å². The molecule has 0 spiro atoms. The summed E-state index contributed by atoms with van der Waals surface area (Å²) in [5, 5.41) is 8.27. The van der Waals surface area contributed by atoms with Crippen LogP contribution in [-0.4, -0.2) is 38.3 Å². The second-order valence-corrected chi connectivity index (χ2v) is 6.03. The topological polar surface area (TPSA) is 76.8 Å². The Kier molecular flexibility index (Phi) is 3.23. The van der Waals surface area contributed by atoms with Crippen LogP contribution in [0.25, 0.3) is 0 Å². The van der Waals surface area contributed by atoms with Gasteiger partial charge in [0.1, 0.15) is 11.6 Å². The van der Waals surface area contributed by atoms with E-state index in [1.807, 2.05) is 37.3 Å². The minimum absolute atomic E-state index is 0.244. The monoisotopic (exact) mass is 324 g/mol. The van der Waals surface area contributed by atoms with Crippen molar-refractivity contribution in [2.75, 3.05) is 0 Å². The molecular formula is C17H16N4O3. The molecule has 2 aliphatic heterocycles. The Labute approximate surface area is 138 Å². The maximum atomic E-state index is 12.8. The summed E-state index contributed by atoms with van der Waals surface area (Å²) in [6.07, 6.45) is 0.924. The van der Waals surface area contributed by atoms with Crippen molar-refractivity contribution in [2.24, 2.45) is 18.1 Å². The Hall–Kier alpha value is -2.96. The summed E-state index contributed by atoms with van der Waals surface area (Å²) >= 11 is 0. The van der Waals surface area contributed by atoms with E-state index in [-0.39, 0.29) is 18.4 Å². The molecule has 0 radical (unpaired) electrons. The number of imide groups is 1. The summed E-state index contributed by atoms with van der Waals surface area (Å²) in [4.78, 5) is 31.9. The summed E-state index contributed by atoms with van der Waals surface area (Å²) in [5.74, 6) is -1.30. The Balaban J connectivity index is 1.64. The first-order valence-electron chi connectivity index (χ1n) is 7.69. The molecule has 0 N–H and O–H groups in total. The largest absolute Gasteiger partial charge is 0.381 e. The first kappa shape index (κ1) is 14.6. The number of carbonyl (C=O) groups excluding carboxylic acids is 2. The molecule has 24 heavy (non-hydrogen) atoms. The predicted octanol–water partition coefficient (Wildman–Crippen LogP) is 1.02. The SMILES string of the molecule is Cc1nn(C)cc1C1=NO[C@H]2C(=O)N(Cc3ccccc3)C(=O)[C@@H]12. The van der Waals surface area contributed by atoms with Crippen LogP contribution < -0.4 is 0 Å². The molecule has 0 unspecified atom stereocenters. The second kappa shape index (κ2) is 5.30. The zero-order valence-corrected chi connectivity index (χ0v) is 13.3. The quantitative estimate of drug-likeness (QED) is 0.790. The molecule has 2 aliphatic rings. The number of rotatable bonds is 3. The zero-order valence-electron chi connectivity index (χ0n) is 13.3. The van der Waals surface area contributed by atoms with Crippen molar-refractivity contribution in [3.05, 3.63) is 53.3 Å². The van der Waals surface area contributed by atoms with Gasteiger partial charge in [-0.2, -0.15) is 5.10 Å². The van der Waals surface area contributed by atoms with Crippen molar-refractivity contribution in [3.63, 3.8) is 0 Å². The minimum Gasteiger partial charge on any atom is -0.381 e. The molecule has 0 bridgehead atoms. The van der Waals surface area contributed by atoms with Crippen molar-refractivity contribution in [2.45, 2.75) is 19.6 Å². The van der Waals surface area contributed by atoms with Gasteiger partial charge >= 0.3 is 0 Å². The van der Waals surface area contributed by atoms with Crippen LogP contribution in [0.5, 0.6) is 0 Å². The molecule has 1 saturated heterocycles. The summed E-state index contributed by atoms with van der Waals surface area (Å²) in [6.45, 7) is 2.09. The molecule has 122 valence electrons. The van der Waals surface area contributed by atoms with E-state index in [2.05, 4.69) is 10.3 Å². The van der Waals surface area contributed by atoms with Crippen molar-refractivity contribution in [1.82, 2.24) is 14.7 Å². The van der Waals surface area contributed by atoms with Crippen LogP contribution in [0, 0.1) is 12.8 Å². The van der Waals surface area contributed by atoms with Crippen LogP contribution in [0.3, 0.4) is 0 Å². The third-order valence-electron chi connectivity index (χ3n) is 4.38. The van der Waals surface area contributed by atoms with Gasteiger partial charge in [0.05, 0.1) is 12.2 Å². The van der Waals surface area contributed by atoms with Crippen molar-refractivity contribution < 1.29 is 14.4 Å². The third kappa shape index (κ3) is 2.12. The molecule has 7 heteroatoms. The van der Waals surface area contributed by atoms with Crippen molar-refractivity contribution in [3.8, 4) is 0 Å². The number of benzene rings is 1. The van der Waals surface area contributed by atoms with Gasteiger partial charge in [0, 0.05) is 18.8 Å². The lowest BCUT2D eigenvalue weighted by atomic mass is 9.94. The number of carbonyl (C=O) groups is 2. The van der Waals surface area contributed by atoms with E-state index in [1.165, 1.54) is 4.90 Å². The van der Waals surface area contributed by atoms with E-state index >= 15 is 0 Å². The Bertz CT molecular complexity index is 856. The van der Waals surface area contributed by atoms with Gasteiger partial charge in [-0.25, -0.2) is 0 Å². The molecule has 3 heterocycles. The van der Waals surface area contributed by atoms with E-state index in [1.54, 1.807) is 17.9 Å². The molecule has 1 fully saturated rings. The molecule has 2 amide bonds. The number of hydrogen-bond donors (Lipinski definition) is 0. The van der Waals surface area contributed by atoms with Gasteiger partial charge in [-0.3, -0.25) is 19.2 Å². The average molecular weight is 324 g/mol. The van der Waals surface area contributed by atoms with Gasteiger partial charge < -0.3 is 4.84 Å². The van der Waals surface area contributed by atoms with Crippen LogP contribution in [0.1, 0.15) is 16.8 Å². The van der Waals surface area contributed by atoms with Crippen LogP contribution in [0.2, 0.25) is 0 Å². The first-order chi connectivity index (χ1) is 11.6. The molecule has 2 atom stereocenters. The fraction of sp³-hybridized carbons (Fsp3) is 0.294. The average Bonchev–Trinajstić information content (AvgIpc) is 3.20.